The van der Waals surface area contributed by atoms with Crippen molar-refractivity contribution in [1.29, 1.82) is 0 Å². The quantitative estimate of drug-likeness (QED) is 0.643. The monoisotopic (exact) mass is 438 g/mol. The smallest absolute Gasteiger partial charge is 0.303 e. The summed E-state index contributed by atoms with van der Waals surface area (Å²) in [4.78, 5) is 13.7. The van der Waals surface area contributed by atoms with Gasteiger partial charge in [-0.15, -0.1) is 0 Å². The summed E-state index contributed by atoms with van der Waals surface area (Å²) >= 11 is 0. The van der Waals surface area contributed by atoms with Gasteiger partial charge in [-0.2, -0.15) is 0 Å². The van der Waals surface area contributed by atoms with Crippen LogP contribution in [0.3, 0.4) is 0 Å². The zero-order valence-corrected chi connectivity index (χ0v) is 19.5. The molecule has 0 bridgehead atoms. The van der Waals surface area contributed by atoms with Crippen LogP contribution in [0.4, 0.5) is 11.4 Å². The number of piperidine rings is 1. The number of esters is 1. The Morgan fingerprint density at radius 2 is 2.00 bits per heavy atom. The van der Waals surface area contributed by atoms with Gasteiger partial charge < -0.3 is 24.8 Å². The topological polar surface area (TPSA) is 71.0 Å². The lowest BCUT2D eigenvalue weighted by Gasteiger charge is -2.39. The lowest BCUT2D eigenvalue weighted by atomic mass is 9.83. The number of aliphatic hydroxyl groups is 1. The van der Waals surface area contributed by atoms with E-state index in [0.29, 0.717) is 19.1 Å². The number of carbonyl (C=O) groups is 1. The van der Waals surface area contributed by atoms with E-state index in [9.17, 15) is 9.90 Å². The first-order chi connectivity index (χ1) is 15.2. The lowest BCUT2D eigenvalue weighted by Crippen LogP contribution is -2.42. The van der Waals surface area contributed by atoms with Crippen molar-refractivity contribution in [3.8, 4) is 5.75 Å². The fraction of sp³-hybridized carbons (Fsp3) is 0.500. The summed E-state index contributed by atoms with van der Waals surface area (Å²) in [5.74, 6) is 0.820. The van der Waals surface area contributed by atoms with Crippen molar-refractivity contribution < 1.29 is 19.4 Å². The van der Waals surface area contributed by atoms with Gasteiger partial charge in [0, 0.05) is 49.6 Å². The molecule has 2 aromatic rings. The molecule has 6 heteroatoms. The fourth-order valence-corrected chi connectivity index (χ4v) is 4.82. The Bertz CT molecular complexity index is 974. The number of anilines is 2. The second-order valence-electron chi connectivity index (χ2n) is 9.49. The van der Waals surface area contributed by atoms with Crippen molar-refractivity contribution >= 4 is 17.3 Å². The van der Waals surface area contributed by atoms with E-state index in [1.807, 2.05) is 32.0 Å². The maximum atomic E-state index is 11.3. The molecular formula is C26H34N2O4. The maximum absolute atomic E-state index is 11.3. The van der Waals surface area contributed by atoms with Gasteiger partial charge in [-0.25, -0.2) is 0 Å². The van der Waals surface area contributed by atoms with Gasteiger partial charge in [0.05, 0.1) is 5.60 Å². The minimum atomic E-state index is -0.606. The summed E-state index contributed by atoms with van der Waals surface area (Å²) in [7, 11) is 0. The molecule has 2 heterocycles. The first-order valence-electron chi connectivity index (χ1n) is 11.5. The van der Waals surface area contributed by atoms with E-state index in [2.05, 4.69) is 35.3 Å². The third kappa shape index (κ3) is 4.85. The predicted octanol–water partition coefficient (Wildman–Crippen LogP) is 4.59. The summed E-state index contributed by atoms with van der Waals surface area (Å²) in [6, 6.07) is 12.4. The number of hydrogen-bond acceptors (Lipinski definition) is 6. The standard InChI is InChI=1S/C26H34N2O4/c1-17-19(6-5-7-23(17)28-12-10-20(11-13-28)26(3,4)30)15-27-21-8-9-22-24(14-21)31-16-25(22)32-18(2)29/h5-9,14,20,25,27,30H,10-13,15-16H2,1-4H3/t25-/m1/s1. The largest absolute Gasteiger partial charge is 0.489 e. The van der Waals surface area contributed by atoms with Crippen LogP contribution >= 0.6 is 0 Å². The zero-order valence-electron chi connectivity index (χ0n) is 19.5. The molecule has 0 unspecified atom stereocenters. The van der Waals surface area contributed by atoms with Crippen molar-refractivity contribution in [3.63, 3.8) is 0 Å². The highest BCUT2D eigenvalue weighted by molar-refractivity contribution is 5.67. The molecule has 2 aromatic carbocycles. The molecular weight excluding hydrogens is 404 g/mol. The van der Waals surface area contributed by atoms with E-state index < -0.39 is 5.60 Å². The van der Waals surface area contributed by atoms with Crippen LogP contribution in [-0.2, 0) is 16.1 Å². The number of nitrogens with zero attached hydrogens (tertiary/aromatic N) is 1. The average Bonchev–Trinajstić information content (AvgIpc) is 3.14. The van der Waals surface area contributed by atoms with Gasteiger partial charge in [0.15, 0.2) is 6.10 Å². The van der Waals surface area contributed by atoms with Crippen LogP contribution in [-0.4, -0.2) is 36.4 Å². The van der Waals surface area contributed by atoms with Crippen molar-refractivity contribution in [2.24, 2.45) is 5.92 Å². The molecule has 0 saturated carbocycles. The molecule has 0 radical (unpaired) electrons. The average molecular weight is 439 g/mol. The Kier molecular flexibility index (Phi) is 6.33. The molecule has 32 heavy (non-hydrogen) atoms. The Balaban J connectivity index is 1.40. The maximum Gasteiger partial charge on any atom is 0.303 e. The van der Waals surface area contributed by atoms with Gasteiger partial charge >= 0.3 is 5.97 Å². The third-order valence-electron chi connectivity index (χ3n) is 6.79. The Hall–Kier alpha value is -2.73. The minimum Gasteiger partial charge on any atom is -0.489 e. The van der Waals surface area contributed by atoms with Crippen LogP contribution in [0.15, 0.2) is 36.4 Å². The van der Waals surface area contributed by atoms with Gasteiger partial charge in [0.1, 0.15) is 12.4 Å². The number of carbonyl (C=O) groups excluding carboxylic acids is 1. The summed E-state index contributed by atoms with van der Waals surface area (Å²) in [5, 5.41) is 13.8. The first-order valence-corrected chi connectivity index (χ1v) is 11.5. The molecule has 172 valence electrons. The molecule has 1 atom stereocenters. The lowest BCUT2D eigenvalue weighted by molar-refractivity contribution is -0.147. The van der Waals surface area contributed by atoms with Crippen LogP contribution in [0.2, 0.25) is 0 Å². The van der Waals surface area contributed by atoms with Crippen LogP contribution in [0.25, 0.3) is 0 Å². The molecule has 4 rings (SSSR count). The second-order valence-corrected chi connectivity index (χ2v) is 9.49. The molecule has 6 nitrogen and oxygen atoms in total. The van der Waals surface area contributed by atoms with Gasteiger partial charge in [-0.3, -0.25) is 4.79 Å². The number of ether oxygens (including phenoxy) is 2. The van der Waals surface area contributed by atoms with Gasteiger partial charge in [0.2, 0.25) is 0 Å². The molecule has 2 aliphatic heterocycles. The second kappa shape index (κ2) is 9.02. The first kappa shape index (κ1) is 22.5. The van der Waals surface area contributed by atoms with Crippen LogP contribution in [0.5, 0.6) is 5.75 Å². The molecule has 1 saturated heterocycles. The fourth-order valence-electron chi connectivity index (χ4n) is 4.82. The van der Waals surface area contributed by atoms with Crippen LogP contribution in [0.1, 0.15) is 56.4 Å². The number of rotatable bonds is 6. The van der Waals surface area contributed by atoms with E-state index in [1.54, 1.807) is 0 Å². The molecule has 2 N–H and O–H groups in total. The number of benzene rings is 2. The molecule has 0 aliphatic carbocycles. The Labute approximate surface area is 190 Å². The van der Waals surface area contributed by atoms with Gasteiger partial charge in [-0.05, 0) is 68.9 Å². The highest BCUT2D eigenvalue weighted by atomic mass is 16.6. The molecule has 0 spiro atoms. The van der Waals surface area contributed by atoms with E-state index in [-0.39, 0.29) is 12.1 Å². The van der Waals surface area contributed by atoms with E-state index in [4.69, 9.17) is 9.47 Å². The van der Waals surface area contributed by atoms with Crippen LogP contribution in [0, 0.1) is 12.8 Å². The summed E-state index contributed by atoms with van der Waals surface area (Å²) in [6.07, 6.45) is 1.69. The normalized spacial score (nSPS) is 18.8. The SMILES string of the molecule is CC(=O)O[C@@H]1COc2cc(NCc3cccc(N4CCC(C(C)(C)O)CC4)c3C)ccc21. The number of nitrogens with one attached hydrogen (secondary N) is 1. The van der Waals surface area contributed by atoms with Gasteiger partial charge in [-0.1, -0.05) is 12.1 Å². The van der Waals surface area contributed by atoms with E-state index >= 15 is 0 Å². The number of fused-ring (bicyclic) bond motifs is 1. The molecule has 0 aromatic heterocycles. The van der Waals surface area contributed by atoms with Gasteiger partial charge in [0.25, 0.3) is 0 Å². The summed E-state index contributed by atoms with van der Waals surface area (Å²) in [5.41, 5.74) is 5.10. The third-order valence-corrected chi connectivity index (χ3v) is 6.79. The van der Waals surface area contributed by atoms with E-state index in [1.165, 1.54) is 23.7 Å². The highest BCUT2D eigenvalue weighted by Gasteiger charge is 2.31. The van der Waals surface area contributed by atoms with Crippen molar-refractivity contribution in [2.75, 3.05) is 29.9 Å². The zero-order chi connectivity index (χ0) is 22.9. The Morgan fingerprint density at radius 1 is 1.25 bits per heavy atom. The van der Waals surface area contributed by atoms with E-state index in [0.717, 1.165) is 42.9 Å². The molecule has 2 aliphatic rings. The van der Waals surface area contributed by atoms with Crippen molar-refractivity contribution in [2.45, 2.75) is 58.8 Å². The summed E-state index contributed by atoms with van der Waals surface area (Å²) < 4.78 is 11.0. The minimum absolute atomic E-state index is 0.298. The molecule has 0 amide bonds. The predicted molar refractivity (Wildman–Crippen MR) is 126 cm³/mol. The van der Waals surface area contributed by atoms with Crippen molar-refractivity contribution in [1.82, 2.24) is 0 Å². The van der Waals surface area contributed by atoms with Crippen molar-refractivity contribution in [3.05, 3.63) is 53.1 Å². The van der Waals surface area contributed by atoms with Crippen LogP contribution < -0.4 is 15.0 Å². The highest BCUT2D eigenvalue weighted by Crippen LogP contribution is 2.37. The Morgan fingerprint density at radius 3 is 2.69 bits per heavy atom. The molecule has 1 fully saturated rings. The number of hydrogen-bond donors (Lipinski definition) is 2. The summed E-state index contributed by atoms with van der Waals surface area (Å²) in [6.45, 7) is 10.5.